The third-order valence-corrected chi connectivity index (χ3v) is 5.68. The number of aromatic nitrogens is 3. The summed E-state index contributed by atoms with van der Waals surface area (Å²) in [6.45, 7) is 5.37. The van der Waals surface area contributed by atoms with E-state index < -0.39 is 0 Å². The van der Waals surface area contributed by atoms with Crippen molar-refractivity contribution in [2.24, 2.45) is 0 Å². The minimum atomic E-state index is 0.499. The van der Waals surface area contributed by atoms with E-state index in [0.717, 1.165) is 56.0 Å². The minimum absolute atomic E-state index is 0.499. The van der Waals surface area contributed by atoms with E-state index in [9.17, 15) is 0 Å². The van der Waals surface area contributed by atoms with Crippen LogP contribution in [0.5, 0.6) is 5.75 Å². The van der Waals surface area contributed by atoms with Gasteiger partial charge in [-0.05, 0) is 75.2 Å². The highest BCUT2D eigenvalue weighted by molar-refractivity contribution is 5.54. The Kier molecular flexibility index (Phi) is 6.54. The van der Waals surface area contributed by atoms with Crippen LogP contribution in [-0.2, 0) is 6.42 Å². The molecule has 1 aliphatic heterocycles. The SMILES string of the molecule is COc1ccc(CCN2CCC(c3cc(Nc4ncccn4)cc(C)n3)CC2)cc1. The molecular formula is C24H29N5O. The van der Waals surface area contributed by atoms with Gasteiger partial charge in [0.2, 0.25) is 5.95 Å². The summed E-state index contributed by atoms with van der Waals surface area (Å²) in [6, 6.07) is 14.4. The molecule has 4 rings (SSSR count). The Bertz CT molecular complexity index is 938. The highest BCUT2D eigenvalue weighted by Gasteiger charge is 2.22. The molecule has 0 amide bonds. The van der Waals surface area contributed by atoms with Crippen molar-refractivity contribution in [1.29, 1.82) is 0 Å². The van der Waals surface area contributed by atoms with Crippen molar-refractivity contribution in [1.82, 2.24) is 19.9 Å². The van der Waals surface area contributed by atoms with Crippen molar-refractivity contribution in [2.75, 3.05) is 32.1 Å². The Morgan fingerprint density at radius 2 is 1.80 bits per heavy atom. The molecule has 0 unspecified atom stereocenters. The van der Waals surface area contributed by atoms with Gasteiger partial charge in [-0.2, -0.15) is 0 Å². The molecule has 0 saturated carbocycles. The van der Waals surface area contributed by atoms with E-state index in [1.807, 2.05) is 31.2 Å². The Balaban J connectivity index is 1.32. The number of ether oxygens (including phenoxy) is 1. The van der Waals surface area contributed by atoms with Crippen molar-refractivity contribution in [3.63, 3.8) is 0 Å². The summed E-state index contributed by atoms with van der Waals surface area (Å²) < 4.78 is 5.24. The van der Waals surface area contributed by atoms with E-state index in [0.29, 0.717) is 11.9 Å². The number of anilines is 2. The van der Waals surface area contributed by atoms with Gasteiger partial charge in [-0.25, -0.2) is 9.97 Å². The Hall–Kier alpha value is -2.99. The molecule has 1 N–H and O–H groups in total. The van der Waals surface area contributed by atoms with Crippen LogP contribution in [0.3, 0.4) is 0 Å². The number of hydrogen-bond donors (Lipinski definition) is 1. The molecule has 0 spiro atoms. The maximum absolute atomic E-state index is 5.24. The van der Waals surface area contributed by atoms with E-state index in [4.69, 9.17) is 9.72 Å². The zero-order chi connectivity index (χ0) is 20.8. The van der Waals surface area contributed by atoms with E-state index >= 15 is 0 Å². The van der Waals surface area contributed by atoms with Crippen molar-refractivity contribution >= 4 is 11.6 Å². The van der Waals surface area contributed by atoms with Crippen LogP contribution in [0, 0.1) is 6.92 Å². The molecule has 1 aromatic carbocycles. The highest BCUT2D eigenvalue weighted by Crippen LogP contribution is 2.29. The van der Waals surface area contributed by atoms with Gasteiger partial charge in [0, 0.05) is 41.9 Å². The summed E-state index contributed by atoms with van der Waals surface area (Å²) >= 11 is 0. The third kappa shape index (κ3) is 5.33. The molecule has 0 bridgehead atoms. The average molecular weight is 404 g/mol. The number of methoxy groups -OCH3 is 1. The van der Waals surface area contributed by atoms with Gasteiger partial charge in [0.05, 0.1) is 7.11 Å². The van der Waals surface area contributed by atoms with Gasteiger partial charge in [-0.3, -0.25) is 4.98 Å². The lowest BCUT2D eigenvalue weighted by atomic mass is 9.92. The fourth-order valence-corrected chi connectivity index (χ4v) is 4.00. The van der Waals surface area contributed by atoms with Gasteiger partial charge in [0.1, 0.15) is 5.75 Å². The second-order valence-corrected chi connectivity index (χ2v) is 7.83. The standard InChI is InChI=1S/C24H29N5O/c1-18-16-21(28-24-25-11-3-12-26-24)17-23(27-18)20-9-14-29(15-10-20)13-8-19-4-6-22(30-2)7-5-19/h3-7,11-12,16-17,20H,8-10,13-15H2,1-2H3,(H,25,26,27,28). The monoisotopic (exact) mass is 403 g/mol. The summed E-state index contributed by atoms with van der Waals surface area (Å²) in [5.74, 6) is 2.03. The first-order valence-corrected chi connectivity index (χ1v) is 10.6. The minimum Gasteiger partial charge on any atom is -0.497 e. The molecule has 156 valence electrons. The van der Waals surface area contributed by atoms with Crippen LogP contribution in [0.15, 0.2) is 54.9 Å². The van der Waals surface area contributed by atoms with E-state index in [1.165, 1.54) is 11.3 Å². The molecule has 1 fully saturated rings. The van der Waals surface area contributed by atoms with Gasteiger partial charge in [0.25, 0.3) is 0 Å². The number of piperidine rings is 1. The molecule has 30 heavy (non-hydrogen) atoms. The summed E-state index contributed by atoms with van der Waals surface area (Å²) in [7, 11) is 1.71. The van der Waals surface area contributed by atoms with Gasteiger partial charge >= 0.3 is 0 Å². The summed E-state index contributed by atoms with van der Waals surface area (Å²) in [4.78, 5) is 15.9. The fourth-order valence-electron chi connectivity index (χ4n) is 4.00. The largest absolute Gasteiger partial charge is 0.497 e. The lowest BCUT2D eigenvalue weighted by Gasteiger charge is -2.32. The number of nitrogens with one attached hydrogen (secondary N) is 1. The second kappa shape index (κ2) is 9.67. The summed E-state index contributed by atoms with van der Waals surface area (Å²) in [6.07, 6.45) is 6.83. The molecule has 3 heterocycles. The molecule has 0 radical (unpaired) electrons. The Labute approximate surface area is 178 Å². The van der Waals surface area contributed by atoms with Crippen molar-refractivity contribution in [3.05, 3.63) is 71.8 Å². The first kappa shape index (κ1) is 20.3. The summed E-state index contributed by atoms with van der Waals surface area (Å²) in [5, 5.41) is 3.30. The number of nitrogens with zero attached hydrogens (tertiary/aromatic N) is 4. The molecule has 0 atom stereocenters. The van der Waals surface area contributed by atoms with Crippen molar-refractivity contribution < 1.29 is 4.74 Å². The number of likely N-dealkylation sites (tertiary alicyclic amines) is 1. The predicted octanol–water partition coefficient (Wildman–Crippen LogP) is 4.35. The smallest absolute Gasteiger partial charge is 0.227 e. The topological polar surface area (TPSA) is 63.2 Å². The molecular weight excluding hydrogens is 374 g/mol. The zero-order valence-electron chi connectivity index (χ0n) is 17.7. The van der Waals surface area contributed by atoms with Crippen molar-refractivity contribution in [2.45, 2.75) is 32.1 Å². The Morgan fingerprint density at radius 3 is 2.50 bits per heavy atom. The van der Waals surface area contributed by atoms with Crippen LogP contribution in [0.4, 0.5) is 11.6 Å². The van der Waals surface area contributed by atoms with Crippen LogP contribution in [0.2, 0.25) is 0 Å². The molecule has 1 saturated heterocycles. The van der Waals surface area contributed by atoms with E-state index in [1.54, 1.807) is 19.5 Å². The first-order valence-electron chi connectivity index (χ1n) is 10.6. The molecule has 6 heteroatoms. The van der Waals surface area contributed by atoms with Gasteiger partial charge in [0.15, 0.2) is 0 Å². The summed E-state index contributed by atoms with van der Waals surface area (Å²) in [5.41, 5.74) is 4.55. The number of benzene rings is 1. The molecule has 2 aromatic heterocycles. The fraction of sp³-hybridized carbons (Fsp3) is 0.375. The van der Waals surface area contributed by atoms with Crippen LogP contribution in [0.1, 0.15) is 35.7 Å². The number of aryl methyl sites for hydroxylation is 1. The van der Waals surface area contributed by atoms with Gasteiger partial charge in [-0.15, -0.1) is 0 Å². The lowest BCUT2D eigenvalue weighted by Crippen LogP contribution is -2.34. The van der Waals surface area contributed by atoms with Gasteiger partial charge < -0.3 is 15.0 Å². The zero-order valence-corrected chi connectivity index (χ0v) is 17.7. The molecule has 0 aliphatic carbocycles. The number of pyridine rings is 1. The second-order valence-electron chi connectivity index (χ2n) is 7.83. The number of hydrogen-bond acceptors (Lipinski definition) is 6. The first-order chi connectivity index (χ1) is 14.7. The lowest BCUT2D eigenvalue weighted by molar-refractivity contribution is 0.213. The molecule has 3 aromatic rings. The van der Waals surface area contributed by atoms with Crippen LogP contribution in [0.25, 0.3) is 0 Å². The van der Waals surface area contributed by atoms with Crippen LogP contribution < -0.4 is 10.1 Å². The normalized spacial score (nSPS) is 15.1. The van der Waals surface area contributed by atoms with E-state index in [-0.39, 0.29) is 0 Å². The predicted molar refractivity (Wildman–Crippen MR) is 119 cm³/mol. The van der Waals surface area contributed by atoms with E-state index in [2.05, 4.69) is 38.4 Å². The third-order valence-electron chi connectivity index (χ3n) is 5.68. The van der Waals surface area contributed by atoms with Crippen LogP contribution >= 0.6 is 0 Å². The van der Waals surface area contributed by atoms with Crippen molar-refractivity contribution in [3.8, 4) is 5.75 Å². The molecule has 6 nitrogen and oxygen atoms in total. The quantitative estimate of drug-likeness (QED) is 0.633. The van der Waals surface area contributed by atoms with Crippen LogP contribution in [-0.4, -0.2) is 46.6 Å². The average Bonchev–Trinajstić information content (AvgIpc) is 2.79. The Morgan fingerprint density at radius 1 is 1.07 bits per heavy atom. The maximum atomic E-state index is 5.24. The number of rotatable bonds is 7. The maximum Gasteiger partial charge on any atom is 0.227 e. The highest BCUT2D eigenvalue weighted by atomic mass is 16.5. The van der Waals surface area contributed by atoms with Gasteiger partial charge in [-0.1, -0.05) is 12.1 Å². The molecule has 1 aliphatic rings.